The van der Waals surface area contributed by atoms with Crippen molar-refractivity contribution in [1.82, 2.24) is 24.2 Å². The van der Waals surface area contributed by atoms with Gasteiger partial charge in [-0.25, -0.2) is 18.5 Å². The van der Waals surface area contributed by atoms with Crippen LogP contribution in [0, 0.1) is 5.92 Å². The van der Waals surface area contributed by atoms with E-state index in [-0.39, 0.29) is 23.4 Å². The van der Waals surface area contributed by atoms with Crippen LogP contribution in [0.3, 0.4) is 0 Å². The molecule has 1 aromatic carbocycles. The number of carbonyl (C=O) groups is 2. The molecule has 2 saturated heterocycles. The summed E-state index contributed by atoms with van der Waals surface area (Å²) in [5.74, 6) is -0.00413. The zero-order valence-electron chi connectivity index (χ0n) is 19.9. The molecule has 2 fully saturated rings. The number of likely N-dealkylation sites (tertiary alicyclic amines) is 1. The number of imidazole rings is 1. The molecule has 2 atom stereocenters. The summed E-state index contributed by atoms with van der Waals surface area (Å²) in [4.78, 5) is 34.2. The van der Waals surface area contributed by atoms with Crippen LogP contribution in [-0.4, -0.2) is 89.6 Å². The van der Waals surface area contributed by atoms with Crippen LogP contribution in [0.2, 0.25) is 0 Å². The Morgan fingerprint density at radius 1 is 1.34 bits per heavy atom. The molecule has 35 heavy (non-hydrogen) atoms. The number of benzene rings is 1. The Hall–Kier alpha value is -2.54. The smallest absolute Gasteiger partial charge is 0.243 e. The number of nitrogens with one attached hydrogen (secondary N) is 1. The van der Waals surface area contributed by atoms with Crippen LogP contribution in [0.15, 0.2) is 23.1 Å². The highest BCUT2D eigenvalue weighted by Crippen LogP contribution is 2.34. The van der Waals surface area contributed by atoms with Crippen LogP contribution in [0.5, 0.6) is 0 Å². The van der Waals surface area contributed by atoms with E-state index in [4.69, 9.17) is 4.74 Å². The molecule has 3 heterocycles. The van der Waals surface area contributed by atoms with Crippen LogP contribution in [-0.2, 0) is 24.3 Å². The van der Waals surface area contributed by atoms with Gasteiger partial charge in [0, 0.05) is 19.6 Å². The topological polar surface area (TPSA) is 136 Å². The summed E-state index contributed by atoms with van der Waals surface area (Å²) in [6.07, 6.45) is 4.14. The average molecular weight is 508 g/mol. The summed E-state index contributed by atoms with van der Waals surface area (Å²) in [6.45, 7) is 3.94. The van der Waals surface area contributed by atoms with Gasteiger partial charge in [0.1, 0.15) is 5.82 Å². The van der Waals surface area contributed by atoms with Crippen molar-refractivity contribution in [2.45, 2.75) is 50.0 Å². The van der Waals surface area contributed by atoms with Gasteiger partial charge in [0.15, 0.2) is 0 Å². The fraction of sp³-hybridized carbons (Fsp3) is 0.609. The van der Waals surface area contributed by atoms with E-state index in [1.165, 1.54) is 4.31 Å². The molecule has 0 aliphatic carbocycles. The lowest BCUT2D eigenvalue weighted by atomic mass is 9.99. The van der Waals surface area contributed by atoms with Crippen molar-refractivity contribution < 1.29 is 28.0 Å². The van der Waals surface area contributed by atoms with E-state index in [0.717, 1.165) is 25.7 Å². The van der Waals surface area contributed by atoms with Gasteiger partial charge in [0.25, 0.3) is 0 Å². The van der Waals surface area contributed by atoms with Crippen molar-refractivity contribution in [2.24, 2.45) is 5.92 Å². The normalized spacial score (nSPS) is 20.3. The highest BCUT2D eigenvalue weighted by Gasteiger charge is 2.36. The third-order valence-corrected chi connectivity index (χ3v) is 8.61. The van der Waals surface area contributed by atoms with E-state index in [0.29, 0.717) is 67.6 Å². The molecule has 12 heteroatoms. The first-order valence-corrected chi connectivity index (χ1v) is 13.6. The van der Waals surface area contributed by atoms with Crippen molar-refractivity contribution >= 4 is 33.4 Å². The lowest BCUT2D eigenvalue weighted by Gasteiger charge is -2.29. The lowest BCUT2D eigenvalue weighted by molar-refractivity contribution is -0.157. The molecule has 1 aromatic heterocycles. The zero-order valence-corrected chi connectivity index (χ0v) is 20.7. The molecule has 2 aliphatic rings. The predicted octanol–water partition coefficient (Wildman–Crippen LogP) is 1.90. The molecule has 0 unspecified atom stereocenters. The SMILES string of the molecule is CCCC[C@@H](CN(O)C=O)C(=O)N1CCC[C@H]1c1nc2ccc(S(=O)(=O)N3CCOCC3)cc2[nH]1. The number of sulfonamides is 1. The van der Waals surface area contributed by atoms with E-state index in [1.807, 2.05) is 6.92 Å². The van der Waals surface area contributed by atoms with Gasteiger partial charge in [-0.15, -0.1) is 0 Å². The number of nitrogens with zero attached hydrogens (tertiary/aromatic N) is 4. The van der Waals surface area contributed by atoms with Crippen molar-refractivity contribution in [3.05, 3.63) is 24.0 Å². The van der Waals surface area contributed by atoms with E-state index in [1.54, 1.807) is 23.1 Å². The molecule has 11 nitrogen and oxygen atoms in total. The van der Waals surface area contributed by atoms with Gasteiger partial charge >= 0.3 is 0 Å². The number of aromatic amines is 1. The van der Waals surface area contributed by atoms with Crippen molar-refractivity contribution in [2.75, 3.05) is 39.4 Å². The van der Waals surface area contributed by atoms with Crippen LogP contribution in [0.1, 0.15) is 50.9 Å². The van der Waals surface area contributed by atoms with Gasteiger partial charge in [0.05, 0.1) is 47.6 Å². The minimum atomic E-state index is -3.64. The van der Waals surface area contributed by atoms with Crippen LogP contribution >= 0.6 is 0 Å². The fourth-order valence-corrected chi connectivity index (χ4v) is 6.26. The summed E-state index contributed by atoms with van der Waals surface area (Å²) >= 11 is 0. The molecule has 192 valence electrons. The van der Waals surface area contributed by atoms with Crippen LogP contribution in [0.4, 0.5) is 0 Å². The minimum Gasteiger partial charge on any atom is -0.379 e. The second kappa shape index (κ2) is 11.0. The van der Waals surface area contributed by atoms with Crippen molar-refractivity contribution in [3.63, 3.8) is 0 Å². The average Bonchev–Trinajstić information content (AvgIpc) is 3.53. The number of hydroxylamine groups is 2. The standard InChI is InChI=1S/C23H33N5O6S/c1-2-3-5-17(15-26(31)16-29)23(30)28-9-4-6-21(28)22-24-19-8-7-18(14-20(19)25-22)35(32,33)27-10-12-34-13-11-27/h7-8,14,16-17,21,31H,2-6,9-13,15H2,1H3,(H,24,25)/t17-,21-/m0/s1. The first-order chi connectivity index (χ1) is 16.8. The van der Waals surface area contributed by atoms with Gasteiger partial charge in [0.2, 0.25) is 22.3 Å². The number of H-pyrrole nitrogens is 1. The largest absolute Gasteiger partial charge is 0.379 e. The molecular weight excluding hydrogens is 474 g/mol. The number of aromatic nitrogens is 2. The third-order valence-electron chi connectivity index (χ3n) is 6.72. The molecule has 2 aromatic rings. The third kappa shape index (κ3) is 5.50. The Kier molecular flexibility index (Phi) is 8.05. The van der Waals surface area contributed by atoms with Crippen molar-refractivity contribution in [1.29, 1.82) is 0 Å². The molecule has 0 saturated carbocycles. The summed E-state index contributed by atoms with van der Waals surface area (Å²) < 4.78 is 32.8. The monoisotopic (exact) mass is 507 g/mol. The van der Waals surface area contributed by atoms with E-state index < -0.39 is 15.9 Å². The molecule has 2 aliphatic heterocycles. The summed E-state index contributed by atoms with van der Waals surface area (Å²) in [6, 6.07) is 4.56. The summed E-state index contributed by atoms with van der Waals surface area (Å²) in [5.41, 5.74) is 1.23. The van der Waals surface area contributed by atoms with Crippen LogP contribution in [0.25, 0.3) is 11.0 Å². The number of morpholine rings is 1. The predicted molar refractivity (Wildman–Crippen MR) is 127 cm³/mol. The van der Waals surface area contributed by atoms with Gasteiger partial charge in [-0.05, 0) is 37.5 Å². The molecule has 2 N–H and O–H groups in total. The Bertz CT molecular complexity index is 1150. The van der Waals surface area contributed by atoms with Gasteiger partial charge in [-0.3, -0.25) is 14.8 Å². The van der Waals surface area contributed by atoms with Gasteiger partial charge in [-0.2, -0.15) is 4.31 Å². The Morgan fingerprint density at radius 2 is 2.11 bits per heavy atom. The first-order valence-electron chi connectivity index (χ1n) is 12.1. The van der Waals surface area contributed by atoms with Crippen LogP contribution < -0.4 is 0 Å². The van der Waals surface area contributed by atoms with E-state index in [9.17, 15) is 23.2 Å². The highest BCUT2D eigenvalue weighted by atomic mass is 32.2. The first kappa shape index (κ1) is 25.5. The molecule has 2 amide bonds. The molecule has 0 spiro atoms. The van der Waals surface area contributed by atoms with Crippen molar-refractivity contribution in [3.8, 4) is 0 Å². The maximum atomic E-state index is 13.4. The number of unbranched alkanes of at least 4 members (excludes halogenated alkanes) is 1. The quantitative estimate of drug-likeness (QED) is 0.285. The molecule has 0 radical (unpaired) electrons. The highest BCUT2D eigenvalue weighted by molar-refractivity contribution is 7.89. The maximum Gasteiger partial charge on any atom is 0.243 e. The minimum absolute atomic E-state index is 0.0472. The maximum absolute atomic E-state index is 13.4. The lowest BCUT2D eigenvalue weighted by Crippen LogP contribution is -2.40. The van der Waals surface area contributed by atoms with Gasteiger partial charge < -0.3 is 14.6 Å². The second-order valence-corrected chi connectivity index (χ2v) is 11.0. The van der Waals surface area contributed by atoms with Gasteiger partial charge in [-0.1, -0.05) is 19.8 Å². The molecule has 4 rings (SSSR count). The molecular formula is C23H33N5O6S. The van der Waals surface area contributed by atoms with E-state index in [2.05, 4.69) is 9.97 Å². The summed E-state index contributed by atoms with van der Waals surface area (Å²) in [7, 11) is -3.64. The zero-order chi connectivity index (χ0) is 25.0. The molecule has 0 bridgehead atoms. The number of hydrogen-bond donors (Lipinski definition) is 2. The fourth-order valence-electron chi connectivity index (χ4n) is 4.82. The number of amides is 2. The summed E-state index contributed by atoms with van der Waals surface area (Å²) in [5, 5.41) is 10.2. The second-order valence-electron chi connectivity index (χ2n) is 9.07. The number of carbonyl (C=O) groups excluding carboxylic acids is 2. The Balaban J connectivity index is 1.57. The number of ether oxygens (including phenoxy) is 1. The number of hydrogen-bond acceptors (Lipinski definition) is 7. The number of fused-ring (bicyclic) bond motifs is 1. The number of rotatable bonds is 10. The van der Waals surface area contributed by atoms with E-state index >= 15 is 0 Å². The Labute approximate surface area is 205 Å². The Morgan fingerprint density at radius 3 is 2.83 bits per heavy atom.